The van der Waals surface area contributed by atoms with Crippen LogP contribution in [0.5, 0.6) is 0 Å². The van der Waals surface area contributed by atoms with Crippen LogP contribution in [0.15, 0.2) is 176 Å². The summed E-state index contributed by atoms with van der Waals surface area (Å²) in [6, 6.07) is 44.1. The van der Waals surface area contributed by atoms with E-state index in [0.717, 1.165) is 30.8 Å². The molecule has 0 radical (unpaired) electrons. The fourth-order valence-corrected chi connectivity index (χ4v) is 8.46. The Hall–Kier alpha value is -5.60. The molecule has 0 saturated carbocycles. The molecular weight excluding hydrogens is 617 g/mol. The van der Waals surface area contributed by atoms with Gasteiger partial charge in [-0.1, -0.05) is 125 Å². The molecule has 3 aliphatic rings. The van der Waals surface area contributed by atoms with Crippen LogP contribution in [0.3, 0.4) is 0 Å². The molecule has 0 amide bonds. The molecule has 8 rings (SSSR count). The van der Waals surface area contributed by atoms with E-state index < -0.39 is 0 Å². The average molecular weight is 663 g/mol. The van der Waals surface area contributed by atoms with Crippen LogP contribution in [0.2, 0.25) is 0 Å². The highest BCUT2D eigenvalue weighted by atomic mass is 15.1. The molecule has 51 heavy (non-hydrogen) atoms. The molecule has 2 nitrogen and oxygen atoms in total. The van der Waals surface area contributed by atoms with Gasteiger partial charge in [0.15, 0.2) is 0 Å². The maximum Gasteiger partial charge on any atom is 0.0465 e. The van der Waals surface area contributed by atoms with Gasteiger partial charge in [0.25, 0.3) is 0 Å². The first-order valence-electron chi connectivity index (χ1n) is 18.3. The summed E-state index contributed by atoms with van der Waals surface area (Å²) in [5.74, 6) is 0. The molecule has 5 aromatic carbocycles. The number of anilines is 4. The fourth-order valence-electron chi connectivity index (χ4n) is 8.46. The minimum absolute atomic E-state index is 0.163. The predicted octanol–water partition coefficient (Wildman–Crippen LogP) is 13.0. The minimum atomic E-state index is -0.172. The summed E-state index contributed by atoms with van der Waals surface area (Å²) in [4.78, 5) is 4.78. The van der Waals surface area contributed by atoms with Crippen LogP contribution in [-0.4, -0.2) is 6.54 Å². The quantitative estimate of drug-likeness (QED) is 0.155. The molecule has 0 atom stereocenters. The molecule has 0 spiro atoms. The highest BCUT2D eigenvalue weighted by Crippen LogP contribution is 2.56. The third-order valence-electron chi connectivity index (χ3n) is 11.1. The standard InChI is InChI=1S/C49H46N2/c1-6-44-40(28-19-31-50(35-20-11-7-12-21-35)36-22-13-8-14-23-36)42-33-47-43(34-46(42)48(44,2)3)41-30-29-39(32-45(41)49(47,4)5)51(37-24-15-9-16-25-37)38-26-17-10-18-27-38/h6-7,9-13,15-30,32-34H,1,8,14,31H2,2-5H3/b28-19-. The van der Waals surface area contributed by atoms with Gasteiger partial charge >= 0.3 is 0 Å². The van der Waals surface area contributed by atoms with Crippen LogP contribution in [0.4, 0.5) is 22.7 Å². The Bertz CT molecular complexity index is 2190. The first-order chi connectivity index (χ1) is 24.8. The Morgan fingerprint density at radius 1 is 0.608 bits per heavy atom. The Balaban J connectivity index is 1.18. The zero-order valence-corrected chi connectivity index (χ0v) is 30.2. The molecule has 0 unspecified atom stereocenters. The van der Waals surface area contributed by atoms with Crippen molar-refractivity contribution in [3.63, 3.8) is 0 Å². The number of rotatable bonds is 9. The van der Waals surface area contributed by atoms with E-state index in [1.165, 1.54) is 61.6 Å². The Kier molecular flexibility index (Phi) is 8.27. The van der Waals surface area contributed by atoms with E-state index >= 15 is 0 Å². The van der Waals surface area contributed by atoms with Crippen molar-refractivity contribution in [3.05, 3.63) is 198 Å². The van der Waals surface area contributed by atoms with Crippen LogP contribution in [0, 0.1) is 0 Å². The van der Waals surface area contributed by atoms with Crippen molar-refractivity contribution < 1.29 is 0 Å². The van der Waals surface area contributed by atoms with Gasteiger partial charge in [0.2, 0.25) is 0 Å². The smallest absolute Gasteiger partial charge is 0.0465 e. The van der Waals surface area contributed by atoms with Gasteiger partial charge < -0.3 is 9.80 Å². The highest BCUT2D eigenvalue weighted by Gasteiger charge is 2.42. The van der Waals surface area contributed by atoms with E-state index in [1.807, 2.05) is 0 Å². The van der Waals surface area contributed by atoms with Gasteiger partial charge in [-0.3, -0.25) is 0 Å². The minimum Gasteiger partial charge on any atom is -0.338 e. The summed E-state index contributed by atoms with van der Waals surface area (Å²) < 4.78 is 0. The number of para-hydroxylation sites is 3. The Labute approximate surface area is 304 Å². The lowest BCUT2D eigenvalue weighted by molar-refractivity contribution is 0.647. The Morgan fingerprint density at radius 2 is 1.20 bits per heavy atom. The van der Waals surface area contributed by atoms with Crippen LogP contribution in [0.25, 0.3) is 16.7 Å². The number of benzene rings is 5. The molecule has 5 aromatic rings. The zero-order valence-electron chi connectivity index (χ0n) is 30.2. The molecule has 0 heterocycles. The highest BCUT2D eigenvalue weighted by molar-refractivity contribution is 5.93. The van der Waals surface area contributed by atoms with Crippen molar-refractivity contribution in [2.24, 2.45) is 0 Å². The number of fused-ring (bicyclic) bond motifs is 4. The monoisotopic (exact) mass is 662 g/mol. The molecule has 252 valence electrons. The fraction of sp³-hybridized carbons (Fsp3) is 0.184. The number of nitrogens with zero attached hydrogens (tertiary/aromatic N) is 2. The number of hydrogen-bond donors (Lipinski definition) is 0. The molecule has 0 saturated heterocycles. The largest absolute Gasteiger partial charge is 0.338 e. The molecule has 3 aliphatic carbocycles. The van der Waals surface area contributed by atoms with E-state index in [4.69, 9.17) is 0 Å². The second kappa shape index (κ2) is 12.9. The van der Waals surface area contributed by atoms with E-state index in [1.54, 1.807) is 0 Å². The van der Waals surface area contributed by atoms with Gasteiger partial charge in [0.1, 0.15) is 0 Å². The van der Waals surface area contributed by atoms with Crippen molar-refractivity contribution in [2.45, 2.75) is 51.4 Å². The molecule has 0 N–H and O–H groups in total. The third kappa shape index (κ3) is 5.60. The predicted molar refractivity (Wildman–Crippen MR) is 218 cm³/mol. The summed E-state index contributed by atoms with van der Waals surface area (Å²) >= 11 is 0. The maximum atomic E-state index is 4.33. The number of allylic oxidation sites excluding steroid dienone is 7. The van der Waals surface area contributed by atoms with Crippen molar-refractivity contribution in [1.82, 2.24) is 0 Å². The van der Waals surface area contributed by atoms with Gasteiger partial charge in [-0.2, -0.15) is 0 Å². The first-order valence-corrected chi connectivity index (χ1v) is 18.3. The van der Waals surface area contributed by atoms with E-state index in [9.17, 15) is 0 Å². The van der Waals surface area contributed by atoms with Gasteiger partial charge in [-0.15, -0.1) is 0 Å². The summed E-state index contributed by atoms with van der Waals surface area (Å²) in [7, 11) is 0. The Morgan fingerprint density at radius 3 is 1.80 bits per heavy atom. The van der Waals surface area contributed by atoms with Crippen LogP contribution >= 0.6 is 0 Å². The van der Waals surface area contributed by atoms with Crippen LogP contribution in [-0.2, 0) is 10.8 Å². The van der Waals surface area contributed by atoms with Gasteiger partial charge in [0, 0.05) is 45.8 Å². The van der Waals surface area contributed by atoms with Crippen molar-refractivity contribution >= 4 is 28.3 Å². The number of hydrogen-bond acceptors (Lipinski definition) is 2. The summed E-state index contributed by atoms with van der Waals surface area (Å²) in [5.41, 5.74) is 16.3. The second-order valence-corrected chi connectivity index (χ2v) is 14.9. The van der Waals surface area contributed by atoms with Crippen molar-refractivity contribution in [3.8, 4) is 11.1 Å². The SMILES string of the molecule is C=CC1=C(/C=C\CN(C2=CCCC=C2)c2ccccc2)c2cc3c(cc2C1(C)C)-c1ccc(N(c2ccccc2)c2ccccc2)cc1C3(C)C. The van der Waals surface area contributed by atoms with Crippen molar-refractivity contribution in [2.75, 3.05) is 16.3 Å². The summed E-state index contributed by atoms with van der Waals surface area (Å²) in [6.07, 6.45) is 15.9. The van der Waals surface area contributed by atoms with E-state index in [2.05, 4.69) is 202 Å². The molecule has 0 bridgehead atoms. The zero-order chi connectivity index (χ0) is 35.2. The third-order valence-corrected chi connectivity index (χ3v) is 11.1. The molecule has 0 aliphatic heterocycles. The molecule has 0 fully saturated rings. The molecular formula is C49H46N2. The van der Waals surface area contributed by atoms with Crippen LogP contribution < -0.4 is 9.80 Å². The second-order valence-electron chi connectivity index (χ2n) is 14.9. The lowest BCUT2D eigenvalue weighted by Gasteiger charge is -2.28. The topological polar surface area (TPSA) is 6.48 Å². The average Bonchev–Trinajstić information content (AvgIpc) is 3.52. The van der Waals surface area contributed by atoms with Gasteiger partial charge in [0.05, 0.1) is 0 Å². The maximum absolute atomic E-state index is 4.33. The van der Waals surface area contributed by atoms with Gasteiger partial charge in [-0.25, -0.2) is 0 Å². The summed E-state index contributed by atoms with van der Waals surface area (Å²) in [5, 5.41) is 0. The first kappa shape index (κ1) is 32.6. The van der Waals surface area contributed by atoms with Crippen molar-refractivity contribution in [1.29, 1.82) is 0 Å². The molecule has 2 heteroatoms. The lowest BCUT2D eigenvalue weighted by Crippen LogP contribution is -2.22. The van der Waals surface area contributed by atoms with E-state index in [0.29, 0.717) is 0 Å². The van der Waals surface area contributed by atoms with Gasteiger partial charge in [-0.05, 0) is 124 Å². The lowest BCUT2D eigenvalue weighted by atomic mass is 9.78. The summed E-state index contributed by atoms with van der Waals surface area (Å²) in [6.45, 7) is 14.6. The van der Waals surface area contributed by atoms with Crippen LogP contribution in [0.1, 0.15) is 62.8 Å². The van der Waals surface area contributed by atoms with E-state index in [-0.39, 0.29) is 10.8 Å². The normalized spacial score (nSPS) is 16.4. The molecule has 0 aromatic heterocycles.